The van der Waals surface area contributed by atoms with Gasteiger partial charge in [-0.3, -0.25) is 0 Å². The van der Waals surface area contributed by atoms with Gasteiger partial charge in [0.05, 0.1) is 12.3 Å². The molecule has 0 aliphatic rings. The Balaban J connectivity index is 2.10. The molecule has 0 saturated heterocycles. The molecule has 0 spiro atoms. The second-order valence-electron chi connectivity index (χ2n) is 4.52. The third-order valence-corrected chi connectivity index (χ3v) is 3.75. The highest BCUT2D eigenvalue weighted by atomic mass is 79.9. The first kappa shape index (κ1) is 15.2. The third kappa shape index (κ3) is 3.69. The zero-order valence-corrected chi connectivity index (χ0v) is 13.5. The Morgan fingerprint density at radius 2 is 2.25 bits per heavy atom. The molecule has 4 nitrogen and oxygen atoms in total. The van der Waals surface area contributed by atoms with Crippen molar-refractivity contribution in [2.24, 2.45) is 0 Å². The van der Waals surface area contributed by atoms with Gasteiger partial charge in [0.2, 0.25) is 0 Å². The van der Waals surface area contributed by atoms with Gasteiger partial charge in [0.1, 0.15) is 5.82 Å². The van der Waals surface area contributed by atoms with Gasteiger partial charge in [-0.05, 0) is 33.6 Å². The summed E-state index contributed by atoms with van der Waals surface area (Å²) in [4.78, 5) is 4.36. The number of ether oxygens (including phenoxy) is 1. The lowest BCUT2D eigenvalue weighted by molar-refractivity contribution is 0.199. The maximum Gasteiger partial charge on any atom is 0.112 e. The van der Waals surface area contributed by atoms with E-state index in [4.69, 9.17) is 4.74 Å². The molecule has 1 aromatic heterocycles. The van der Waals surface area contributed by atoms with E-state index >= 15 is 0 Å². The van der Waals surface area contributed by atoms with Crippen molar-refractivity contribution in [3.8, 4) is 5.69 Å². The number of hydrogen-bond acceptors (Lipinski definition) is 3. The molecular formula is C15H20BrN3O. The highest BCUT2D eigenvalue weighted by molar-refractivity contribution is 9.10. The lowest BCUT2D eigenvalue weighted by Crippen LogP contribution is -2.18. The van der Waals surface area contributed by atoms with Crippen LogP contribution >= 0.6 is 15.9 Å². The van der Waals surface area contributed by atoms with E-state index in [1.807, 2.05) is 12.4 Å². The van der Waals surface area contributed by atoms with Crippen LogP contribution < -0.4 is 5.32 Å². The molecule has 5 heteroatoms. The summed E-state index contributed by atoms with van der Waals surface area (Å²) in [5, 5.41) is 3.34. The summed E-state index contributed by atoms with van der Waals surface area (Å²) in [6, 6.07) is 6.41. The summed E-state index contributed by atoms with van der Waals surface area (Å²) >= 11 is 3.65. The van der Waals surface area contributed by atoms with E-state index in [2.05, 4.69) is 55.9 Å². The highest BCUT2D eigenvalue weighted by Gasteiger charge is 2.07. The number of aryl methyl sites for hydroxylation is 1. The van der Waals surface area contributed by atoms with Crippen LogP contribution in [0.5, 0.6) is 0 Å². The van der Waals surface area contributed by atoms with Crippen LogP contribution in [0.4, 0.5) is 0 Å². The summed E-state index contributed by atoms with van der Waals surface area (Å²) in [5.74, 6) is 1.07. The molecule has 108 valence electrons. The number of nitrogens with one attached hydrogen (secondary N) is 1. The van der Waals surface area contributed by atoms with Gasteiger partial charge in [-0.25, -0.2) is 4.98 Å². The van der Waals surface area contributed by atoms with E-state index in [0.29, 0.717) is 0 Å². The summed E-state index contributed by atoms with van der Waals surface area (Å²) in [6.45, 7) is 4.54. The van der Waals surface area contributed by atoms with Crippen LogP contribution in [-0.2, 0) is 17.7 Å². The molecule has 0 saturated carbocycles. The molecule has 0 atom stereocenters. The number of aromatic nitrogens is 2. The van der Waals surface area contributed by atoms with Crippen molar-refractivity contribution in [2.75, 3.05) is 20.3 Å². The van der Waals surface area contributed by atoms with Crippen LogP contribution in [0.15, 0.2) is 35.1 Å². The molecule has 1 aromatic carbocycles. The highest BCUT2D eigenvalue weighted by Crippen LogP contribution is 2.23. The molecule has 0 fully saturated rings. The minimum atomic E-state index is 0.730. The summed E-state index contributed by atoms with van der Waals surface area (Å²) in [5.41, 5.74) is 2.37. The fourth-order valence-electron chi connectivity index (χ4n) is 2.08. The maximum absolute atomic E-state index is 5.02. The molecule has 0 amide bonds. The fraction of sp³-hybridized carbons (Fsp3) is 0.400. The van der Waals surface area contributed by atoms with Crippen molar-refractivity contribution < 1.29 is 4.74 Å². The summed E-state index contributed by atoms with van der Waals surface area (Å²) < 4.78 is 8.21. The second-order valence-corrected chi connectivity index (χ2v) is 5.38. The SMILES string of the molecule is CCc1nccn1-c1ccc(CNCCOC)cc1Br. The molecule has 0 unspecified atom stereocenters. The quantitative estimate of drug-likeness (QED) is 0.789. The van der Waals surface area contributed by atoms with Crippen LogP contribution in [0.3, 0.4) is 0 Å². The van der Waals surface area contributed by atoms with Gasteiger partial charge in [-0.1, -0.05) is 13.0 Å². The largest absolute Gasteiger partial charge is 0.383 e. The molecule has 0 aliphatic heterocycles. The first-order valence-electron chi connectivity index (χ1n) is 6.77. The lowest BCUT2D eigenvalue weighted by atomic mass is 10.2. The Labute approximate surface area is 128 Å². The van der Waals surface area contributed by atoms with Gasteiger partial charge in [0.25, 0.3) is 0 Å². The van der Waals surface area contributed by atoms with Crippen LogP contribution in [-0.4, -0.2) is 29.8 Å². The number of imidazole rings is 1. The first-order chi connectivity index (χ1) is 9.76. The van der Waals surface area contributed by atoms with E-state index in [-0.39, 0.29) is 0 Å². The molecule has 1 heterocycles. The predicted octanol–water partition coefficient (Wildman–Crippen LogP) is 2.93. The monoisotopic (exact) mass is 337 g/mol. The minimum Gasteiger partial charge on any atom is -0.383 e. The number of benzene rings is 1. The molecule has 20 heavy (non-hydrogen) atoms. The zero-order valence-electron chi connectivity index (χ0n) is 11.9. The Kier molecular flexibility index (Phi) is 5.76. The van der Waals surface area contributed by atoms with Crippen LogP contribution in [0.25, 0.3) is 5.69 Å². The normalized spacial score (nSPS) is 10.9. The van der Waals surface area contributed by atoms with Crippen LogP contribution in [0.1, 0.15) is 18.3 Å². The summed E-state index contributed by atoms with van der Waals surface area (Å²) in [6.07, 6.45) is 4.75. The van der Waals surface area contributed by atoms with Crippen molar-refractivity contribution in [2.45, 2.75) is 19.9 Å². The Hall–Kier alpha value is -1.17. The van der Waals surface area contributed by atoms with E-state index in [1.54, 1.807) is 7.11 Å². The number of halogens is 1. The van der Waals surface area contributed by atoms with Crippen molar-refractivity contribution in [3.63, 3.8) is 0 Å². The topological polar surface area (TPSA) is 39.1 Å². The third-order valence-electron chi connectivity index (χ3n) is 3.12. The van der Waals surface area contributed by atoms with Gasteiger partial charge in [-0.2, -0.15) is 0 Å². The Morgan fingerprint density at radius 3 is 2.95 bits per heavy atom. The summed E-state index contributed by atoms with van der Waals surface area (Å²) in [7, 11) is 1.71. The van der Waals surface area contributed by atoms with Crippen LogP contribution in [0, 0.1) is 0 Å². The average molecular weight is 338 g/mol. The molecule has 0 aliphatic carbocycles. The van der Waals surface area contributed by atoms with Gasteiger partial charge < -0.3 is 14.6 Å². The van der Waals surface area contributed by atoms with E-state index in [0.717, 1.165) is 42.1 Å². The van der Waals surface area contributed by atoms with Gasteiger partial charge in [0.15, 0.2) is 0 Å². The fourth-order valence-corrected chi connectivity index (χ4v) is 2.70. The maximum atomic E-state index is 5.02. The predicted molar refractivity (Wildman–Crippen MR) is 84.2 cm³/mol. The standard InChI is InChI=1S/C15H20BrN3O/c1-3-15-18-6-8-19(15)14-5-4-12(10-13(14)16)11-17-7-9-20-2/h4-6,8,10,17H,3,7,9,11H2,1-2H3. The smallest absolute Gasteiger partial charge is 0.112 e. The molecular weight excluding hydrogens is 318 g/mol. The number of rotatable bonds is 7. The van der Waals surface area contributed by atoms with Gasteiger partial charge >= 0.3 is 0 Å². The lowest BCUT2D eigenvalue weighted by Gasteiger charge is -2.11. The molecule has 2 aromatic rings. The van der Waals surface area contributed by atoms with E-state index in [9.17, 15) is 0 Å². The molecule has 0 radical (unpaired) electrons. The molecule has 0 bridgehead atoms. The Bertz CT molecular complexity index is 554. The van der Waals surface area contributed by atoms with Crippen molar-refractivity contribution in [1.82, 2.24) is 14.9 Å². The van der Waals surface area contributed by atoms with E-state index in [1.165, 1.54) is 5.56 Å². The number of hydrogen-bond donors (Lipinski definition) is 1. The van der Waals surface area contributed by atoms with Crippen molar-refractivity contribution >= 4 is 15.9 Å². The molecule has 1 N–H and O–H groups in total. The van der Waals surface area contributed by atoms with Gasteiger partial charge in [-0.15, -0.1) is 0 Å². The zero-order chi connectivity index (χ0) is 14.4. The average Bonchev–Trinajstić information content (AvgIpc) is 2.92. The minimum absolute atomic E-state index is 0.730. The van der Waals surface area contributed by atoms with Crippen molar-refractivity contribution in [3.05, 3.63) is 46.5 Å². The number of methoxy groups -OCH3 is 1. The van der Waals surface area contributed by atoms with Gasteiger partial charge in [0, 0.05) is 43.5 Å². The van der Waals surface area contributed by atoms with Crippen molar-refractivity contribution in [1.29, 1.82) is 0 Å². The van der Waals surface area contributed by atoms with E-state index < -0.39 is 0 Å². The van der Waals surface area contributed by atoms with Crippen LogP contribution in [0.2, 0.25) is 0 Å². The number of nitrogens with zero attached hydrogens (tertiary/aromatic N) is 2. The Morgan fingerprint density at radius 1 is 1.40 bits per heavy atom. The first-order valence-corrected chi connectivity index (χ1v) is 7.56. The second kappa shape index (κ2) is 7.57. The molecule has 2 rings (SSSR count).